The molecule has 2 aromatic rings. The molecular weight excluding hydrogens is 304 g/mol. The van der Waals surface area contributed by atoms with Crippen LogP contribution >= 0.6 is 0 Å². The van der Waals surface area contributed by atoms with Crippen LogP contribution in [0.2, 0.25) is 0 Å². The number of anilines is 1. The van der Waals surface area contributed by atoms with Crippen molar-refractivity contribution in [1.82, 2.24) is 5.32 Å². The normalized spacial score (nSPS) is 11.1. The third-order valence-corrected chi connectivity index (χ3v) is 3.42. The number of nitrogens with zero attached hydrogens (tertiary/aromatic N) is 1. The van der Waals surface area contributed by atoms with Gasteiger partial charge in [-0.2, -0.15) is 5.26 Å². The van der Waals surface area contributed by atoms with Gasteiger partial charge in [0.2, 0.25) is 5.91 Å². The van der Waals surface area contributed by atoms with Crippen molar-refractivity contribution >= 4 is 17.6 Å². The molecule has 2 rings (SSSR count). The van der Waals surface area contributed by atoms with Crippen LogP contribution < -0.4 is 16.4 Å². The van der Waals surface area contributed by atoms with Gasteiger partial charge < -0.3 is 16.4 Å². The summed E-state index contributed by atoms with van der Waals surface area (Å²) in [6.45, 7) is 0. The van der Waals surface area contributed by atoms with Gasteiger partial charge in [-0.15, -0.1) is 0 Å². The molecule has 6 nitrogen and oxygen atoms in total. The van der Waals surface area contributed by atoms with E-state index in [4.69, 9.17) is 11.0 Å². The first-order chi connectivity index (χ1) is 11.6. The van der Waals surface area contributed by atoms with Gasteiger partial charge in [0, 0.05) is 12.1 Å². The van der Waals surface area contributed by atoms with E-state index in [1.807, 2.05) is 30.3 Å². The Morgan fingerprint density at radius 1 is 1.04 bits per heavy atom. The van der Waals surface area contributed by atoms with Crippen LogP contribution in [0.15, 0.2) is 54.6 Å². The molecule has 24 heavy (non-hydrogen) atoms. The van der Waals surface area contributed by atoms with E-state index in [0.717, 1.165) is 11.1 Å². The number of benzene rings is 2. The van der Waals surface area contributed by atoms with Gasteiger partial charge >= 0.3 is 6.03 Å². The maximum atomic E-state index is 12.4. The highest BCUT2D eigenvalue weighted by atomic mass is 16.2. The molecule has 2 aromatic carbocycles. The third-order valence-electron chi connectivity index (χ3n) is 3.42. The quantitative estimate of drug-likeness (QED) is 0.756. The Morgan fingerprint density at radius 2 is 1.71 bits per heavy atom. The van der Waals surface area contributed by atoms with Gasteiger partial charge in [0.15, 0.2) is 0 Å². The van der Waals surface area contributed by atoms with Crippen molar-refractivity contribution in [2.75, 3.05) is 5.32 Å². The Labute approximate surface area is 140 Å². The Kier molecular flexibility index (Phi) is 5.92. The molecule has 0 aliphatic heterocycles. The Balaban J connectivity index is 2.06. The average molecular weight is 322 g/mol. The second-order valence-electron chi connectivity index (χ2n) is 5.27. The van der Waals surface area contributed by atoms with Crippen LogP contribution in [0.3, 0.4) is 0 Å². The molecule has 122 valence electrons. The van der Waals surface area contributed by atoms with Crippen molar-refractivity contribution in [2.24, 2.45) is 5.73 Å². The van der Waals surface area contributed by atoms with E-state index in [9.17, 15) is 9.59 Å². The first kappa shape index (κ1) is 17.0. The van der Waals surface area contributed by atoms with E-state index < -0.39 is 12.1 Å². The summed E-state index contributed by atoms with van der Waals surface area (Å²) in [5.41, 5.74) is 7.54. The molecule has 0 aromatic heterocycles. The smallest absolute Gasteiger partial charge is 0.312 e. The lowest BCUT2D eigenvalue weighted by Gasteiger charge is -2.17. The first-order valence-electron chi connectivity index (χ1n) is 7.45. The Hall–Kier alpha value is -3.33. The van der Waals surface area contributed by atoms with Crippen molar-refractivity contribution < 1.29 is 9.59 Å². The summed E-state index contributed by atoms with van der Waals surface area (Å²) in [5, 5.41) is 13.9. The minimum Gasteiger partial charge on any atom is -0.352 e. The summed E-state index contributed by atoms with van der Waals surface area (Å²) >= 11 is 0. The molecule has 0 bridgehead atoms. The number of carbonyl (C=O) groups is 2. The first-order valence-corrected chi connectivity index (χ1v) is 7.45. The van der Waals surface area contributed by atoms with Gasteiger partial charge in [0.25, 0.3) is 0 Å². The monoisotopic (exact) mass is 322 g/mol. The predicted molar refractivity (Wildman–Crippen MR) is 91.0 cm³/mol. The largest absolute Gasteiger partial charge is 0.352 e. The number of nitriles is 1. The molecule has 1 atom stereocenters. The molecule has 4 N–H and O–H groups in total. The summed E-state index contributed by atoms with van der Waals surface area (Å²) in [6, 6.07) is 16.9. The van der Waals surface area contributed by atoms with Crippen LogP contribution in [-0.4, -0.2) is 18.0 Å². The maximum absolute atomic E-state index is 12.4. The highest BCUT2D eigenvalue weighted by molar-refractivity contribution is 5.97. The Morgan fingerprint density at radius 3 is 2.29 bits per heavy atom. The second-order valence-corrected chi connectivity index (χ2v) is 5.27. The van der Waals surface area contributed by atoms with Crippen LogP contribution in [0.5, 0.6) is 0 Å². The van der Waals surface area contributed by atoms with Gasteiger partial charge in [-0.05, 0) is 23.3 Å². The molecule has 6 heteroatoms. The number of amides is 3. The van der Waals surface area contributed by atoms with Crippen LogP contribution in [0, 0.1) is 11.3 Å². The lowest BCUT2D eigenvalue weighted by Crippen LogP contribution is -2.47. The average Bonchev–Trinajstić information content (AvgIpc) is 2.57. The fourth-order valence-corrected chi connectivity index (χ4v) is 2.26. The highest BCUT2D eigenvalue weighted by Crippen LogP contribution is 2.11. The summed E-state index contributed by atoms with van der Waals surface area (Å²) in [6.07, 6.45) is 0.649. The van der Waals surface area contributed by atoms with Crippen molar-refractivity contribution in [3.8, 4) is 6.07 Å². The van der Waals surface area contributed by atoms with Crippen LogP contribution in [-0.2, 0) is 17.6 Å². The fraction of sp³-hybridized carbons (Fsp3) is 0.167. The predicted octanol–water partition coefficient (Wildman–Crippen LogP) is 1.97. The molecule has 1 unspecified atom stereocenters. The maximum Gasteiger partial charge on any atom is 0.312 e. The minimum absolute atomic E-state index is 0.314. The molecule has 3 amide bonds. The topological polar surface area (TPSA) is 108 Å². The third kappa shape index (κ3) is 5.14. The van der Waals surface area contributed by atoms with Gasteiger partial charge in [-0.1, -0.05) is 42.5 Å². The van der Waals surface area contributed by atoms with E-state index in [1.54, 1.807) is 24.3 Å². The summed E-state index contributed by atoms with van der Waals surface area (Å²) in [4.78, 5) is 23.6. The summed E-state index contributed by atoms with van der Waals surface area (Å²) in [5.74, 6) is -0.356. The SMILES string of the molecule is N#CCc1ccc(NC(=O)C(Cc2ccccc2)NC(N)=O)cc1. The molecule has 0 radical (unpaired) electrons. The number of urea groups is 1. The summed E-state index contributed by atoms with van der Waals surface area (Å²) < 4.78 is 0. The van der Waals surface area contributed by atoms with E-state index in [0.29, 0.717) is 18.5 Å². The number of hydrogen-bond donors (Lipinski definition) is 3. The Bertz CT molecular complexity index is 736. The number of primary amides is 1. The van der Waals surface area contributed by atoms with Gasteiger partial charge in [-0.25, -0.2) is 4.79 Å². The van der Waals surface area contributed by atoms with E-state index in [1.165, 1.54) is 0 Å². The van der Waals surface area contributed by atoms with E-state index >= 15 is 0 Å². The van der Waals surface area contributed by atoms with Crippen molar-refractivity contribution in [3.05, 3.63) is 65.7 Å². The fourth-order valence-electron chi connectivity index (χ4n) is 2.26. The van der Waals surface area contributed by atoms with Crippen LogP contribution in [0.4, 0.5) is 10.5 Å². The summed E-state index contributed by atoms with van der Waals surface area (Å²) in [7, 11) is 0. The van der Waals surface area contributed by atoms with Crippen molar-refractivity contribution in [1.29, 1.82) is 5.26 Å². The number of carbonyl (C=O) groups excluding carboxylic acids is 2. The number of nitrogens with one attached hydrogen (secondary N) is 2. The zero-order valence-corrected chi connectivity index (χ0v) is 13.0. The number of rotatable bonds is 6. The molecule has 0 saturated heterocycles. The van der Waals surface area contributed by atoms with Gasteiger partial charge in [0.05, 0.1) is 12.5 Å². The lowest BCUT2D eigenvalue weighted by atomic mass is 10.1. The van der Waals surface area contributed by atoms with Gasteiger partial charge in [-0.3, -0.25) is 4.79 Å². The molecule has 0 aliphatic rings. The highest BCUT2D eigenvalue weighted by Gasteiger charge is 2.20. The molecule has 0 aliphatic carbocycles. The zero-order valence-electron chi connectivity index (χ0n) is 13.0. The number of nitrogens with two attached hydrogens (primary N) is 1. The van der Waals surface area contributed by atoms with Crippen molar-refractivity contribution in [3.63, 3.8) is 0 Å². The minimum atomic E-state index is -0.774. The number of hydrogen-bond acceptors (Lipinski definition) is 3. The molecule has 0 saturated carbocycles. The molecule has 0 fully saturated rings. The zero-order chi connectivity index (χ0) is 17.4. The molecule has 0 spiro atoms. The van der Waals surface area contributed by atoms with Gasteiger partial charge in [0.1, 0.15) is 6.04 Å². The van der Waals surface area contributed by atoms with E-state index in [2.05, 4.69) is 16.7 Å². The lowest BCUT2D eigenvalue weighted by molar-refractivity contribution is -0.117. The van der Waals surface area contributed by atoms with E-state index in [-0.39, 0.29) is 5.91 Å². The molecular formula is C18H18N4O2. The van der Waals surface area contributed by atoms with Crippen molar-refractivity contribution in [2.45, 2.75) is 18.9 Å². The molecule has 0 heterocycles. The standard InChI is InChI=1S/C18H18N4O2/c19-11-10-13-6-8-15(9-7-13)21-17(23)16(22-18(20)24)12-14-4-2-1-3-5-14/h1-9,16H,10,12H2,(H,21,23)(H3,20,22,24). The van der Waals surface area contributed by atoms with Crippen LogP contribution in [0.25, 0.3) is 0 Å². The van der Waals surface area contributed by atoms with Crippen LogP contribution in [0.1, 0.15) is 11.1 Å². The second kappa shape index (κ2) is 8.34.